The molecule has 0 atom stereocenters. The molecule has 0 aliphatic heterocycles. The zero-order chi connectivity index (χ0) is 55.5. The molecule has 0 saturated carbocycles. The second-order valence-electron chi connectivity index (χ2n) is 16.8. The van der Waals surface area contributed by atoms with Crippen LogP contribution in [0.5, 0.6) is 11.5 Å². The van der Waals surface area contributed by atoms with Crippen LogP contribution in [-0.2, 0) is 72.5 Å². The van der Waals surface area contributed by atoms with Crippen LogP contribution in [0.2, 0.25) is 0 Å². The molecular weight excluding hydrogens is 1340 g/mol. The van der Waals surface area contributed by atoms with Crippen LogP contribution in [0.3, 0.4) is 0 Å². The number of ether oxygens (including phenoxy) is 2. The molecule has 0 bridgehead atoms. The standard InChI is InChI=1S/2C25H27BrF2O7P2S.4Na/c2*1-2-3-12-33-24-11-10-21(14-25(24)37(30,31)32)20-7-4-18(5-8-20)16-38-17-19-6-9-22(23(26)13-19)15-36(29,34-27)35-28;;;;/h2*4-11,13-14H,2-3,12,15-17H2,1H3,(H2,30,31,32);;;;/q;;4*+1/p-4. The summed E-state index contributed by atoms with van der Waals surface area (Å²) in [6.07, 6.45) is 2.15. The van der Waals surface area contributed by atoms with Crippen molar-refractivity contribution in [3.63, 3.8) is 0 Å². The maximum absolute atomic E-state index is 12.3. The summed E-state index contributed by atoms with van der Waals surface area (Å²) in [5.74, 6) is 2.80. The van der Waals surface area contributed by atoms with Crippen molar-refractivity contribution in [1.29, 1.82) is 0 Å². The molecule has 412 valence electrons. The quantitative estimate of drug-likeness (QED) is 0.0295. The molecule has 0 radical (unpaired) electrons. The Bertz CT molecular complexity index is 2850. The monoisotopic (exact) mass is 1390 g/mol. The van der Waals surface area contributed by atoms with Crippen molar-refractivity contribution in [3.8, 4) is 33.8 Å². The second kappa shape index (κ2) is 39.0. The van der Waals surface area contributed by atoms with Gasteiger partial charge >= 0.3 is 133 Å². The Labute approximate surface area is 576 Å². The molecule has 0 unspecified atom stereocenters. The Balaban J connectivity index is 0.000000762. The third-order valence-electron chi connectivity index (χ3n) is 11.1. The minimum absolute atomic E-state index is 0. The van der Waals surface area contributed by atoms with Crippen molar-refractivity contribution in [1.82, 2.24) is 0 Å². The van der Waals surface area contributed by atoms with E-state index in [0.29, 0.717) is 67.4 Å². The van der Waals surface area contributed by atoms with Gasteiger partial charge in [0.25, 0.3) is 0 Å². The van der Waals surface area contributed by atoms with Gasteiger partial charge in [-0.2, -0.15) is 23.5 Å². The molecule has 80 heavy (non-hydrogen) atoms. The van der Waals surface area contributed by atoms with Crippen molar-refractivity contribution in [3.05, 3.63) is 164 Å². The first-order chi connectivity index (χ1) is 36.2. The molecule has 0 aliphatic rings. The SMILES string of the molecule is CCCCOc1ccc(-c2ccc(CSCc3ccc(CP(=O)(OF)OF)c(Br)c3)cc2)cc1P(=O)([O-])[O-].CCCCOc1ccc(-c2ccc(CSCc3ccc(CP(=O)(OF)OF)c(Br)c3)cc2)cc1P(=O)([O-])[O-].[Na+].[Na+].[Na+].[Na+]. The molecule has 0 saturated heterocycles. The Kier molecular flexibility index (Phi) is 38.5. The smallest absolute Gasteiger partial charge is 0.807 e. The van der Waals surface area contributed by atoms with E-state index in [1.54, 1.807) is 72.1 Å². The molecule has 0 aliphatic carbocycles. The summed E-state index contributed by atoms with van der Waals surface area (Å²) in [5, 5.41) is -0.694. The summed E-state index contributed by atoms with van der Waals surface area (Å²) in [6.45, 7) is 4.64. The number of hydrogen-bond acceptors (Lipinski definition) is 16. The van der Waals surface area contributed by atoms with Gasteiger partial charge in [0.1, 0.15) is 11.5 Å². The summed E-state index contributed by atoms with van der Waals surface area (Å²) >= 11 is 9.89. The predicted octanol–water partition coefficient (Wildman–Crippen LogP) is 1.54. The number of unbranched alkanes of at least 4 members (excludes halogenated alkanes) is 2. The maximum atomic E-state index is 12.3. The first-order valence-corrected chi connectivity index (χ1v) is 33.5. The van der Waals surface area contributed by atoms with Gasteiger partial charge in [0.2, 0.25) is 0 Å². The largest absolute Gasteiger partial charge is 1.00 e. The summed E-state index contributed by atoms with van der Waals surface area (Å²) in [6, 6.07) is 34.6. The van der Waals surface area contributed by atoms with Gasteiger partial charge in [0, 0.05) is 42.6 Å². The fourth-order valence-electron chi connectivity index (χ4n) is 7.03. The third kappa shape index (κ3) is 25.5. The molecule has 6 rings (SSSR count). The molecule has 0 spiro atoms. The van der Waals surface area contributed by atoms with E-state index in [1.807, 2.05) is 62.4 Å². The van der Waals surface area contributed by atoms with Crippen molar-refractivity contribution in [2.75, 3.05) is 13.2 Å². The minimum atomic E-state index is -5.02. The van der Waals surface area contributed by atoms with E-state index in [0.717, 1.165) is 59.1 Å². The summed E-state index contributed by atoms with van der Waals surface area (Å²) < 4.78 is 121. The number of thioether (sulfide) groups is 2. The van der Waals surface area contributed by atoms with Gasteiger partial charge in [0.15, 0.2) is 0 Å². The van der Waals surface area contributed by atoms with Gasteiger partial charge in [-0.05, 0) is 138 Å². The molecule has 0 fully saturated rings. The van der Waals surface area contributed by atoms with Crippen LogP contribution < -0.4 is 158 Å². The van der Waals surface area contributed by atoms with E-state index >= 15 is 0 Å². The van der Waals surface area contributed by atoms with Gasteiger partial charge in [-0.25, -0.2) is 0 Å². The second-order valence-corrected chi connectivity index (χ2v) is 27.1. The average molecular weight is 1390 g/mol. The van der Waals surface area contributed by atoms with E-state index in [2.05, 4.69) is 50.8 Å². The van der Waals surface area contributed by atoms with Crippen LogP contribution in [-0.4, -0.2) is 13.2 Å². The van der Waals surface area contributed by atoms with Crippen LogP contribution in [0, 0.1) is 0 Å². The van der Waals surface area contributed by atoms with Crippen LogP contribution in [0.1, 0.15) is 72.9 Å². The Morgan fingerprint density at radius 3 is 1.02 bits per heavy atom. The maximum Gasteiger partial charge on any atom is 1.00 e. The molecule has 0 aromatic heterocycles. The zero-order valence-corrected chi connectivity index (χ0v) is 61.0. The van der Waals surface area contributed by atoms with Crippen molar-refractivity contribution >= 4 is 96.4 Å². The van der Waals surface area contributed by atoms with Crippen LogP contribution >= 0.6 is 85.8 Å². The van der Waals surface area contributed by atoms with Gasteiger partial charge in [-0.15, -0.1) is 18.9 Å². The normalized spacial score (nSPS) is 11.4. The van der Waals surface area contributed by atoms with Gasteiger partial charge in [-0.3, -0.25) is 9.13 Å². The molecule has 14 nitrogen and oxygen atoms in total. The third-order valence-corrected chi connectivity index (χ3v) is 18.9. The Hall–Kier alpha value is 0.900. The molecular formula is C50H50Br2F4Na4O14P4S2. The molecule has 6 aromatic carbocycles. The molecule has 0 N–H and O–H groups in total. The van der Waals surface area contributed by atoms with Crippen molar-refractivity contribution < 1.29 is 203 Å². The Morgan fingerprint density at radius 1 is 0.438 bits per heavy atom. The average Bonchev–Trinajstić information content (AvgIpc) is 3.40. The van der Waals surface area contributed by atoms with E-state index in [4.69, 9.17) is 9.47 Å². The van der Waals surface area contributed by atoms with Crippen molar-refractivity contribution in [2.24, 2.45) is 0 Å². The minimum Gasteiger partial charge on any atom is -0.807 e. The first kappa shape index (κ1) is 78.9. The summed E-state index contributed by atoms with van der Waals surface area (Å²) in [5.41, 5.74) is 7.42. The van der Waals surface area contributed by atoms with E-state index in [1.165, 1.54) is 24.3 Å². The fourth-order valence-corrected chi connectivity index (χ4v) is 13.5. The number of hydrogen-bond donors (Lipinski definition) is 0. The number of halogens is 6. The topological polar surface area (TPSA) is 216 Å². The van der Waals surface area contributed by atoms with Crippen LogP contribution in [0.25, 0.3) is 22.3 Å². The summed E-state index contributed by atoms with van der Waals surface area (Å²) in [4.78, 5) is 47.3. The van der Waals surface area contributed by atoms with Gasteiger partial charge in [0.05, 0.1) is 25.5 Å². The summed E-state index contributed by atoms with van der Waals surface area (Å²) in [7, 11) is -19.0. The van der Waals surface area contributed by atoms with Gasteiger partial charge in [-0.1, -0.05) is 143 Å². The number of benzene rings is 6. The molecule has 0 amide bonds. The van der Waals surface area contributed by atoms with Gasteiger partial charge < -0.3 is 38.2 Å². The van der Waals surface area contributed by atoms with Crippen LogP contribution in [0.15, 0.2) is 130 Å². The molecule has 30 heteroatoms. The number of rotatable bonds is 28. The van der Waals surface area contributed by atoms with E-state index in [9.17, 15) is 55.9 Å². The van der Waals surface area contributed by atoms with E-state index in [-0.39, 0.29) is 140 Å². The van der Waals surface area contributed by atoms with E-state index < -0.39 is 42.7 Å². The van der Waals surface area contributed by atoms with Crippen LogP contribution in [0.4, 0.5) is 18.1 Å². The van der Waals surface area contributed by atoms with Crippen molar-refractivity contribution in [2.45, 2.75) is 74.9 Å². The molecule has 6 aromatic rings. The molecule has 0 heterocycles. The fraction of sp³-hybridized carbons (Fsp3) is 0.280. The first-order valence-electron chi connectivity index (χ1n) is 23.0. The predicted molar refractivity (Wildman–Crippen MR) is 289 cm³/mol. The zero-order valence-electron chi connectivity index (χ0n) is 44.6. The Morgan fingerprint density at radius 2 is 0.738 bits per heavy atom.